The van der Waals surface area contributed by atoms with Gasteiger partial charge in [0.05, 0.1) is 12.5 Å². The first kappa shape index (κ1) is 9.81. The molecule has 1 N–H and O–H groups in total. The first-order chi connectivity index (χ1) is 5.74. The summed E-state index contributed by atoms with van der Waals surface area (Å²) in [5.41, 5.74) is 0. The number of nitrogens with zero attached hydrogens (tertiary/aromatic N) is 1. The first-order valence-corrected chi connectivity index (χ1v) is 4.79. The predicted octanol–water partition coefficient (Wildman–Crippen LogP) is 1.51. The van der Waals surface area contributed by atoms with Gasteiger partial charge in [-0.1, -0.05) is 12.8 Å². The highest BCUT2D eigenvalue weighted by Gasteiger charge is 2.23. The van der Waals surface area contributed by atoms with Gasteiger partial charge in [-0.25, -0.2) is 0 Å². The molecule has 3 nitrogen and oxygen atoms in total. The van der Waals surface area contributed by atoms with E-state index in [0.717, 1.165) is 12.8 Å². The number of carboxylic acid groups (broad SMARTS) is 1. The Morgan fingerprint density at radius 2 is 2.08 bits per heavy atom. The van der Waals surface area contributed by atoms with E-state index in [-0.39, 0.29) is 6.54 Å². The highest BCUT2D eigenvalue weighted by atomic mass is 35.5. The summed E-state index contributed by atoms with van der Waals surface area (Å²) in [4.78, 5) is 12.3. The van der Waals surface area contributed by atoms with Gasteiger partial charge in [0, 0.05) is 6.04 Å². The fourth-order valence-electron chi connectivity index (χ4n) is 1.71. The summed E-state index contributed by atoms with van der Waals surface area (Å²) < 4.78 is 0. The van der Waals surface area contributed by atoms with Gasteiger partial charge in [0.15, 0.2) is 0 Å². The first-order valence-electron chi connectivity index (χ1n) is 4.26. The fraction of sp³-hybridized carbons (Fsp3) is 0.875. The fourth-order valence-corrected chi connectivity index (χ4v) is 1.99. The summed E-state index contributed by atoms with van der Waals surface area (Å²) >= 11 is 5.65. The molecule has 1 aliphatic rings. The highest BCUT2D eigenvalue weighted by molar-refractivity contribution is 6.17. The zero-order valence-corrected chi connectivity index (χ0v) is 7.76. The SMILES string of the molecule is O=C(O)CN(CCl)C1CCCC1. The van der Waals surface area contributed by atoms with E-state index in [2.05, 4.69) is 0 Å². The molecule has 1 aliphatic carbocycles. The van der Waals surface area contributed by atoms with E-state index in [0.29, 0.717) is 12.0 Å². The second kappa shape index (κ2) is 4.67. The van der Waals surface area contributed by atoms with E-state index in [1.54, 1.807) is 0 Å². The van der Waals surface area contributed by atoms with Crippen molar-refractivity contribution in [1.29, 1.82) is 0 Å². The lowest BCUT2D eigenvalue weighted by Crippen LogP contribution is -2.36. The molecule has 1 rings (SSSR count). The monoisotopic (exact) mass is 191 g/mol. The van der Waals surface area contributed by atoms with Gasteiger partial charge in [0.2, 0.25) is 0 Å². The van der Waals surface area contributed by atoms with E-state index in [1.165, 1.54) is 12.8 Å². The molecule has 1 saturated carbocycles. The van der Waals surface area contributed by atoms with Crippen LogP contribution in [-0.4, -0.2) is 34.6 Å². The van der Waals surface area contributed by atoms with Crippen LogP contribution in [-0.2, 0) is 4.79 Å². The van der Waals surface area contributed by atoms with E-state index in [9.17, 15) is 4.79 Å². The van der Waals surface area contributed by atoms with Crippen molar-refractivity contribution in [2.24, 2.45) is 0 Å². The standard InChI is InChI=1S/C8H14ClNO2/c9-6-10(5-8(11)12)7-3-1-2-4-7/h7H,1-6H2,(H,11,12). The zero-order chi connectivity index (χ0) is 8.97. The molecule has 0 unspecified atom stereocenters. The Hall–Kier alpha value is -0.280. The molecule has 0 aromatic heterocycles. The van der Waals surface area contributed by atoms with Crippen molar-refractivity contribution in [3.63, 3.8) is 0 Å². The van der Waals surface area contributed by atoms with Crippen LogP contribution in [0.3, 0.4) is 0 Å². The Bertz CT molecular complexity index is 157. The lowest BCUT2D eigenvalue weighted by atomic mass is 10.2. The second-order valence-electron chi connectivity index (χ2n) is 3.20. The molecule has 0 saturated heterocycles. The molecule has 0 radical (unpaired) electrons. The molecular formula is C8H14ClNO2. The average molecular weight is 192 g/mol. The third-order valence-corrected chi connectivity index (χ3v) is 2.64. The van der Waals surface area contributed by atoms with Crippen LogP contribution in [0.4, 0.5) is 0 Å². The Labute approximate surface area is 77.3 Å². The summed E-state index contributed by atoms with van der Waals surface area (Å²) in [6.45, 7) is 0.0775. The summed E-state index contributed by atoms with van der Waals surface area (Å²) in [5.74, 6) is -0.789. The summed E-state index contributed by atoms with van der Waals surface area (Å²) in [5, 5.41) is 8.58. The second-order valence-corrected chi connectivity index (χ2v) is 3.44. The molecule has 0 amide bonds. The molecular weight excluding hydrogens is 178 g/mol. The van der Waals surface area contributed by atoms with Gasteiger partial charge in [-0.2, -0.15) is 0 Å². The number of alkyl halides is 1. The molecule has 0 heterocycles. The minimum atomic E-state index is -0.789. The van der Waals surface area contributed by atoms with Crippen LogP contribution in [0.2, 0.25) is 0 Å². The van der Waals surface area contributed by atoms with E-state index in [4.69, 9.17) is 16.7 Å². The van der Waals surface area contributed by atoms with Crippen molar-refractivity contribution in [3.05, 3.63) is 0 Å². The summed E-state index contributed by atoms with van der Waals surface area (Å²) in [7, 11) is 0. The third kappa shape index (κ3) is 2.64. The Morgan fingerprint density at radius 3 is 2.50 bits per heavy atom. The smallest absolute Gasteiger partial charge is 0.317 e. The van der Waals surface area contributed by atoms with Crippen LogP contribution in [0, 0.1) is 0 Å². The molecule has 0 bridgehead atoms. The third-order valence-electron chi connectivity index (χ3n) is 2.33. The molecule has 0 spiro atoms. The highest BCUT2D eigenvalue weighted by Crippen LogP contribution is 2.23. The number of aliphatic carboxylic acids is 1. The van der Waals surface area contributed by atoms with Crippen molar-refractivity contribution in [2.45, 2.75) is 31.7 Å². The maximum atomic E-state index is 10.4. The van der Waals surface area contributed by atoms with Crippen molar-refractivity contribution < 1.29 is 9.90 Å². The Morgan fingerprint density at radius 1 is 1.50 bits per heavy atom. The number of hydrogen-bond acceptors (Lipinski definition) is 2. The lowest BCUT2D eigenvalue weighted by molar-refractivity contribution is -0.138. The van der Waals surface area contributed by atoms with Crippen LogP contribution in [0.1, 0.15) is 25.7 Å². The predicted molar refractivity (Wildman–Crippen MR) is 47.3 cm³/mol. The Kier molecular flexibility index (Phi) is 3.82. The largest absolute Gasteiger partial charge is 0.480 e. The molecule has 12 heavy (non-hydrogen) atoms. The van der Waals surface area contributed by atoms with Gasteiger partial charge in [-0.15, -0.1) is 11.6 Å². The van der Waals surface area contributed by atoms with Crippen molar-refractivity contribution in [2.75, 3.05) is 12.5 Å². The van der Waals surface area contributed by atoms with Crippen LogP contribution in [0.5, 0.6) is 0 Å². The average Bonchev–Trinajstić information content (AvgIpc) is 2.51. The molecule has 70 valence electrons. The van der Waals surface area contributed by atoms with Crippen LogP contribution in [0.15, 0.2) is 0 Å². The van der Waals surface area contributed by atoms with Crippen LogP contribution in [0.25, 0.3) is 0 Å². The zero-order valence-electron chi connectivity index (χ0n) is 7.00. The number of carboxylic acids is 1. The van der Waals surface area contributed by atoms with E-state index in [1.807, 2.05) is 4.90 Å². The van der Waals surface area contributed by atoms with Crippen molar-refractivity contribution in [1.82, 2.24) is 4.90 Å². The maximum absolute atomic E-state index is 10.4. The van der Waals surface area contributed by atoms with Crippen LogP contribution >= 0.6 is 11.6 Å². The lowest BCUT2D eigenvalue weighted by Gasteiger charge is -2.23. The molecule has 4 heteroatoms. The molecule has 0 aromatic carbocycles. The van der Waals surface area contributed by atoms with Gasteiger partial charge >= 0.3 is 5.97 Å². The summed E-state index contributed by atoms with van der Waals surface area (Å²) in [6, 6.07) is 0.732. The molecule has 0 atom stereocenters. The minimum Gasteiger partial charge on any atom is -0.480 e. The van der Waals surface area contributed by atoms with Crippen molar-refractivity contribution >= 4 is 17.6 Å². The van der Waals surface area contributed by atoms with E-state index < -0.39 is 5.97 Å². The summed E-state index contributed by atoms with van der Waals surface area (Å²) in [6.07, 6.45) is 4.61. The minimum absolute atomic E-state index is 0.0775. The maximum Gasteiger partial charge on any atom is 0.317 e. The van der Waals surface area contributed by atoms with Crippen molar-refractivity contribution in [3.8, 4) is 0 Å². The number of carbonyl (C=O) groups is 1. The van der Waals surface area contributed by atoms with Gasteiger partial charge in [0.1, 0.15) is 0 Å². The van der Waals surface area contributed by atoms with Gasteiger partial charge < -0.3 is 5.11 Å². The number of hydrogen-bond donors (Lipinski definition) is 1. The topological polar surface area (TPSA) is 40.5 Å². The number of rotatable bonds is 4. The molecule has 1 fully saturated rings. The van der Waals surface area contributed by atoms with Crippen LogP contribution < -0.4 is 0 Å². The van der Waals surface area contributed by atoms with Gasteiger partial charge in [-0.05, 0) is 12.8 Å². The molecule has 0 aliphatic heterocycles. The van der Waals surface area contributed by atoms with E-state index >= 15 is 0 Å². The van der Waals surface area contributed by atoms with Gasteiger partial charge in [0.25, 0.3) is 0 Å². The Balaban J connectivity index is 2.37. The van der Waals surface area contributed by atoms with Gasteiger partial charge in [-0.3, -0.25) is 9.69 Å². The molecule has 0 aromatic rings. The normalized spacial score (nSPS) is 18.8. The quantitative estimate of drug-likeness (QED) is 0.541. The number of halogens is 1.